The van der Waals surface area contributed by atoms with Gasteiger partial charge in [-0.05, 0) is 60.4 Å². The highest BCUT2D eigenvalue weighted by Gasteiger charge is 2.08. The fourth-order valence-corrected chi connectivity index (χ4v) is 2.91. The van der Waals surface area contributed by atoms with Gasteiger partial charge in [-0.1, -0.05) is 68.2 Å². The van der Waals surface area contributed by atoms with E-state index in [1.54, 1.807) is 0 Å². The van der Waals surface area contributed by atoms with Gasteiger partial charge in [0.25, 0.3) is 0 Å². The van der Waals surface area contributed by atoms with E-state index < -0.39 is 11.6 Å². The minimum Gasteiger partial charge on any atom is -0.205 e. The molecule has 0 aromatic heterocycles. The molecule has 0 amide bonds. The molecule has 3 rings (SSSR count). The maximum absolute atomic E-state index is 14.4. The average molecular weight is 384 g/mol. The van der Waals surface area contributed by atoms with Crippen LogP contribution in [0.1, 0.15) is 53.6 Å². The van der Waals surface area contributed by atoms with E-state index in [1.165, 1.54) is 23.3 Å². The highest BCUT2D eigenvalue weighted by Crippen LogP contribution is 2.15. The summed E-state index contributed by atoms with van der Waals surface area (Å²) in [5.41, 5.74) is 4.02. The molecule has 0 spiro atoms. The maximum Gasteiger partial charge on any atom is 0.143 e. The standard InChI is InChI=1S/C27H22F2/c1-3-5-21-10-12-23(13-11-21)16-17-25-26(28)18-24(19-27(25)29)15-14-22-8-6-20(4-2)7-9-22/h6-13,18-19H,3-5H2,1-2H3. The predicted molar refractivity (Wildman–Crippen MR) is 115 cm³/mol. The Morgan fingerprint density at radius 2 is 1.10 bits per heavy atom. The molecule has 0 fully saturated rings. The molecule has 0 radical (unpaired) electrons. The van der Waals surface area contributed by atoms with Crippen LogP contribution in [0.3, 0.4) is 0 Å². The van der Waals surface area contributed by atoms with Crippen molar-refractivity contribution in [2.45, 2.75) is 33.1 Å². The number of hydrogen-bond donors (Lipinski definition) is 0. The van der Waals surface area contributed by atoms with Crippen LogP contribution in [0.5, 0.6) is 0 Å². The average Bonchev–Trinajstić information content (AvgIpc) is 2.73. The van der Waals surface area contributed by atoms with Gasteiger partial charge >= 0.3 is 0 Å². The summed E-state index contributed by atoms with van der Waals surface area (Å²) in [6, 6.07) is 18.0. The van der Waals surface area contributed by atoms with Gasteiger partial charge in [0, 0.05) is 16.7 Å². The summed E-state index contributed by atoms with van der Waals surface area (Å²) in [7, 11) is 0. The molecule has 2 heteroatoms. The van der Waals surface area contributed by atoms with E-state index >= 15 is 0 Å². The second-order valence-corrected chi connectivity index (χ2v) is 6.81. The van der Waals surface area contributed by atoms with Gasteiger partial charge in [0.05, 0.1) is 5.56 Å². The third-order valence-electron chi connectivity index (χ3n) is 4.58. The number of benzene rings is 3. The number of aryl methyl sites for hydroxylation is 2. The first-order valence-electron chi connectivity index (χ1n) is 9.80. The van der Waals surface area contributed by atoms with Crippen molar-refractivity contribution in [2.24, 2.45) is 0 Å². The molecule has 0 aliphatic rings. The van der Waals surface area contributed by atoms with Crippen LogP contribution >= 0.6 is 0 Å². The van der Waals surface area contributed by atoms with E-state index in [2.05, 4.69) is 37.5 Å². The molecule has 0 N–H and O–H groups in total. The molecule has 0 aliphatic heterocycles. The fraction of sp³-hybridized carbons (Fsp3) is 0.185. The molecule has 0 bridgehead atoms. The Morgan fingerprint density at radius 3 is 1.62 bits per heavy atom. The number of rotatable bonds is 3. The molecule has 0 heterocycles. The Labute approximate surface area is 171 Å². The van der Waals surface area contributed by atoms with Crippen LogP contribution in [-0.4, -0.2) is 0 Å². The van der Waals surface area contributed by atoms with Crippen LogP contribution in [0.15, 0.2) is 60.7 Å². The molecular formula is C27H22F2. The lowest BCUT2D eigenvalue weighted by Crippen LogP contribution is -1.92. The Morgan fingerprint density at radius 1 is 0.621 bits per heavy atom. The second kappa shape index (κ2) is 9.72. The zero-order valence-electron chi connectivity index (χ0n) is 16.7. The molecule has 0 atom stereocenters. The van der Waals surface area contributed by atoms with Crippen molar-refractivity contribution in [1.82, 2.24) is 0 Å². The molecule has 0 nitrogen and oxygen atoms in total. The molecule has 0 aliphatic carbocycles. The van der Waals surface area contributed by atoms with Crippen molar-refractivity contribution < 1.29 is 8.78 Å². The Balaban J connectivity index is 1.80. The third kappa shape index (κ3) is 5.56. The second-order valence-electron chi connectivity index (χ2n) is 6.81. The van der Waals surface area contributed by atoms with Gasteiger partial charge in [0.2, 0.25) is 0 Å². The van der Waals surface area contributed by atoms with Gasteiger partial charge in [-0.3, -0.25) is 0 Å². The van der Waals surface area contributed by atoms with Gasteiger partial charge in [-0.25, -0.2) is 8.78 Å². The SMILES string of the molecule is CCCc1ccc(C#Cc2c(F)cc(C#Cc3ccc(CC)cc3)cc2F)cc1. The van der Waals surface area contributed by atoms with Crippen LogP contribution in [0.2, 0.25) is 0 Å². The molecule has 0 unspecified atom stereocenters. The van der Waals surface area contributed by atoms with E-state index in [9.17, 15) is 8.78 Å². The summed E-state index contributed by atoms with van der Waals surface area (Å²) in [6.07, 6.45) is 3.03. The van der Waals surface area contributed by atoms with Crippen molar-refractivity contribution in [3.8, 4) is 23.7 Å². The number of hydrogen-bond acceptors (Lipinski definition) is 0. The van der Waals surface area contributed by atoms with E-state index in [1.807, 2.05) is 48.5 Å². The topological polar surface area (TPSA) is 0 Å². The lowest BCUT2D eigenvalue weighted by atomic mass is 10.1. The maximum atomic E-state index is 14.4. The predicted octanol–water partition coefficient (Wildman–Crippen LogP) is 6.28. The van der Waals surface area contributed by atoms with Gasteiger partial charge < -0.3 is 0 Å². The summed E-state index contributed by atoms with van der Waals surface area (Å²) in [6.45, 7) is 4.20. The van der Waals surface area contributed by atoms with Crippen LogP contribution in [-0.2, 0) is 12.8 Å². The normalized spacial score (nSPS) is 9.93. The van der Waals surface area contributed by atoms with Gasteiger partial charge in [-0.15, -0.1) is 0 Å². The highest BCUT2D eigenvalue weighted by molar-refractivity contribution is 5.49. The van der Waals surface area contributed by atoms with Crippen molar-refractivity contribution in [1.29, 1.82) is 0 Å². The summed E-state index contributed by atoms with van der Waals surface area (Å²) in [5, 5.41) is 0. The summed E-state index contributed by atoms with van der Waals surface area (Å²) < 4.78 is 28.8. The monoisotopic (exact) mass is 384 g/mol. The molecule has 144 valence electrons. The summed E-state index contributed by atoms with van der Waals surface area (Å²) >= 11 is 0. The van der Waals surface area contributed by atoms with E-state index in [4.69, 9.17) is 0 Å². The molecule has 0 saturated carbocycles. The van der Waals surface area contributed by atoms with E-state index in [0.29, 0.717) is 0 Å². The minimum atomic E-state index is -0.703. The minimum absolute atomic E-state index is 0.236. The highest BCUT2D eigenvalue weighted by atomic mass is 19.1. The van der Waals surface area contributed by atoms with Gasteiger partial charge in [0.1, 0.15) is 11.6 Å². The lowest BCUT2D eigenvalue weighted by molar-refractivity contribution is 0.577. The first kappa shape index (κ1) is 20.4. The Kier molecular flexibility index (Phi) is 6.83. The van der Waals surface area contributed by atoms with Crippen LogP contribution in [0.4, 0.5) is 8.78 Å². The smallest absolute Gasteiger partial charge is 0.143 e. The van der Waals surface area contributed by atoms with Crippen molar-refractivity contribution in [3.63, 3.8) is 0 Å². The molecule has 3 aromatic carbocycles. The third-order valence-corrected chi connectivity index (χ3v) is 4.58. The summed E-state index contributed by atoms with van der Waals surface area (Å²) in [5.74, 6) is 9.80. The molecule has 0 saturated heterocycles. The zero-order valence-corrected chi connectivity index (χ0v) is 16.7. The Bertz CT molecular complexity index is 1080. The number of halogens is 2. The lowest BCUT2D eigenvalue weighted by Gasteiger charge is -2.00. The first-order chi connectivity index (χ1) is 14.1. The fourth-order valence-electron chi connectivity index (χ4n) is 2.91. The van der Waals surface area contributed by atoms with E-state index in [-0.39, 0.29) is 11.1 Å². The van der Waals surface area contributed by atoms with Crippen molar-refractivity contribution in [2.75, 3.05) is 0 Å². The molecule has 3 aromatic rings. The first-order valence-corrected chi connectivity index (χ1v) is 9.80. The van der Waals surface area contributed by atoms with Crippen LogP contribution in [0.25, 0.3) is 0 Å². The quantitative estimate of drug-likeness (QED) is 0.466. The molecular weight excluding hydrogens is 362 g/mol. The Hall–Kier alpha value is -3.36. The van der Waals surface area contributed by atoms with Crippen molar-refractivity contribution in [3.05, 3.63) is 106 Å². The molecule has 29 heavy (non-hydrogen) atoms. The van der Waals surface area contributed by atoms with Gasteiger partial charge in [-0.2, -0.15) is 0 Å². The van der Waals surface area contributed by atoms with Crippen molar-refractivity contribution >= 4 is 0 Å². The zero-order chi connectivity index (χ0) is 20.6. The largest absolute Gasteiger partial charge is 0.205 e. The van der Waals surface area contributed by atoms with Crippen LogP contribution in [0, 0.1) is 35.3 Å². The summed E-state index contributed by atoms with van der Waals surface area (Å²) in [4.78, 5) is 0. The van der Waals surface area contributed by atoms with E-state index in [0.717, 1.165) is 30.4 Å². The van der Waals surface area contributed by atoms with Gasteiger partial charge in [0.15, 0.2) is 0 Å². The van der Waals surface area contributed by atoms with Crippen LogP contribution < -0.4 is 0 Å².